The van der Waals surface area contributed by atoms with Crippen LogP contribution in [0.3, 0.4) is 0 Å². The van der Waals surface area contributed by atoms with Crippen LogP contribution < -0.4 is 0 Å². The molecule has 2 aromatic carbocycles. The molecule has 0 amide bonds. The minimum absolute atomic E-state index is 0.307. The van der Waals surface area contributed by atoms with Crippen LogP contribution in [0, 0.1) is 11.3 Å². The first-order chi connectivity index (χ1) is 12.1. The third-order valence-electron chi connectivity index (χ3n) is 3.99. The van der Waals surface area contributed by atoms with E-state index in [-0.39, 0.29) is 5.97 Å². The number of nitrogens with zero attached hydrogens (tertiary/aromatic N) is 1. The third kappa shape index (κ3) is 5.93. The first kappa shape index (κ1) is 18.5. The van der Waals surface area contributed by atoms with Gasteiger partial charge in [-0.05, 0) is 61.4 Å². The van der Waals surface area contributed by atoms with Gasteiger partial charge in [0.15, 0.2) is 0 Å². The Bertz CT molecular complexity index is 752. The lowest BCUT2D eigenvalue weighted by Gasteiger charge is -2.06. The van der Waals surface area contributed by atoms with Crippen molar-refractivity contribution in [2.75, 3.05) is 6.61 Å². The largest absolute Gasteiger partial charge is 0.462 e. The van der Waals surface area contributed by atoms with Crippen LogP contribution in [0.25, 0.3) is 11.1 Å². The van der Waals surface area contributed by atoms with Crippen molar-refractivity contribution < 1.29 is 9.53 Å². The van der Waals surface area contributed by atoms with Crippen LogP contribution >= 0.6 is 0 Å². The summed E-state index contributed by atoms with van der Waals surface area (Å²) in [5, 5.41) is 8.84. The zero-order valence-electron chi connectivity index (χ0n) is 14.6. The average Bonchev–Trinajstić information content (AvgIpc) is 2.65. The second-order valence-electron chi connectivity index (χ2n) is 6.11. The van der Waals surface area contributed by atoms with E-state index >= 15 is 0 Å². The van der Waals surface area contributed by atoms with Crippen molar-refractivity contribution in [2.24, 2.45) is 0 Å². The predicted molar refractivity (Wildman–Crippen MR) is 99.9 cm³/mol. The topological polar surface area (TPSA) is 50.1 Å². The fourth-order valence-corrected chi connectivity index (χ4v) is 2.50. The lowest BCUT2D eigenvalue weighted by Crippen LogP contribution is -2.06. The van der Waals surface area contributed by atoms with Crippen LogP contribution in [-0.2, 0) is 16.0 Å². The molecule has 2 rings (SSSR count). The van der Waals surface area contributed by atoms with E-state index in [9.17, 15) is 4.79 Å². The van der Waals surface area contributed by atoms with Gasteiger partial charge in [0.1, 0.15) is 0 Å². The van der Waals surface area contributed by atoms with Gasteiger partial charge in [-0.2, -0.15) is 5.26 Å². The molecule has 0 unspecified atom stereocenters. The van der Waals surface area contributed by atoms with E-state index in [1.807, 2.05) is 24.3 Å². The van der Waals surface area contributed by atoms with Crippen LogP contribution in [-0.4, -0.2) is 12.6 Å². The van der Waals surface area contributed by atoms with Gasteiger partial charge < -0.3 is 4.74 Å². The van der Waals surface area contributed by atoms with E-state index in [0.29, 0.717) is 17.7 Å². The lowest BCUT2D eigenvalue weighted by molar-refractivity contribution is -0.139. The Morgan fingerprint density at radius 3 is 2.16 bits per heavy atom. The molecule has 0 aliphatic rings. The number of rotatable bonds is 8. The van der Waals surface area contributed by atoms with E-state index < -0.39 is 0 Å². The number of carbonyl (C=O) groups excluding carboxylic acids is 1. The lowest BCUT2D eigenvalue weighted by atomic mass is 10.0. The Balaban J connectivity index is 1.74. The highest BCUT2D eigenvalue weighted by Crippen LogP contribution is 2.21. The highest BCUT2D eigenvalue weighted by atomic mass is 16.5. The maximum atomic E-state index is 11.2. The summed E-state index contributed by atoms with van der Waals surface area (Å²) in [6.07, 6.45) is 3.99. The summed E-state index contributed by atoms with van der Waals surface area (Å²) in [6, 6.07) is 18.3. The Kier molecular flexibility index (Phi) is 6.98. The van der Waals surface area contributed by atoms with Gasteiger partial charge in [-0.15, -0.1) is 0 Å². The standard InChI is InChI=1S/C22H23NO2/c1-17(2)22(24)25-15-5-3-4-6-18-7-11-20(12-8-18)21-13-9-19(16-23)10-14-21/h7-14H,1,3-6,15H2,2H3. The molecule has 0 fully saturated rings. The Morgan fingerprint density at radius 1 is 1.00 bits per heavy atom. The average molecular weight is 333 g/mol. The molecule has 0 atom stereocenters. The summed E-state index contributed by atoms with van der Waals surface area (Å²) >= 11 is 0. The maximum Gasteiger partial charge on any atom is 0.333 e. The fourth-order valence-electron chi connectivity index (χ4n) is 2.50. The molecule has 0 spiro atoms. The zero-order chi connectivity index (χ0) is 18.1. The van der Waals surface area contributed by atoms with Crippen molar-refractivity contribution in [3.63, 3.8) is 0 Å². The van der Waals surface area contributed by atoms with Crippen molar-refractivity contribution in [1.29, 1.82) is 5.26 Å². The monoisotopic (exact) mass is 333 g/mol. The molecule has 0 aliphatic carbocycles. The van der Waals surface area contributed by atoms with Crippen LogP contribution in [0.4, 0.5) is 0 Å². The molecule has 0 heterocycles. The molecule has 0 N–H and O–H groups in total. The second kappa shape index (κ2) is 9.44. The number of esters is 1. The number of hydrogen-bond donors (Lipinski definition) is 0. The second-order valence-corrected chi connectivity index (χ2v) is 6.11. The van der Waals surface area contributed by atoms with Gasteiger partial charge in [0.05, 0.1) is 18.2 Å². The van der Waals surface area contributed by atoms with Crippen molar-refractivity contribution >= 4 is 5.97 Å². The predicted octanol–water partition coefficient (Wildman–Crippen LogP) is 5.06. The van der Waals surface area contributed by atoms with Gasteiger partial charge in [0.25, 0.3) is 0 Å². The minimum atomic E-state index is -0.307. The van der Waals surface area contributed by atoms with Gasteiger partial charge in [-0.25, -0.2) is 4.79 Å². The molecule has 0 bridgehead atoms. The molecule has 3 heteroatoms. The van der Waals surface area contributed by atoms with Crippen LogP contribution in [0.5, 0.6) is 0 Å². The zero-order valence-corrected chi connectivity index (χ0v) is 14.6. The highest BCUT2D eigenvalue weighted by molar-refractivity contribution is 5.86. The summed E-state index contributed by atoms with van der Waals surface area (Å²) in [7, 11) is 0. The van der Waals surface area contributed by atoms with E-state index in [4.69, 9.17) is 10.00 Å². The minimum Gasteiger partial charge on any atom is -0.462 e. The van der Waals surface area contributed by atoms with E-state index in [1.165, 1.54) is 5.56 Å². The molecule has 128 valence electrons. The summed E-state index contributed by atoms with van der Waals surface area (Å²) in [5.41, 5.74) is 4.69. The van der Waals surface area contributed by atoms with Crippen molar-refractivity contribution in [2.45, 2.75) is 32.6 Å². The van der Waals surface area contributed by atoms with Crippen LogP contribution in [0.2, 0.25) is 0 Å². The Morgan fingerprint density at radius 2 is 1.60 bits per heavy atom. The van der Waals surface area contributed by atoms with Crippen LogP contribution in [0.1, 0.15) is 37.3 Å². The number of hydrogen-bond acceptors (Lipinski definition) is 3. The number of aryl methyl sites for hydroxylation is 1. The molecule has 25 heavy (non-hydrogen) atoms. The van der Waals surface area contributed by atoms with Crippen molar-refractivity contribution in [3.05, 3.63) is 71.8 Å². The fraction of sp³-hybridized carbons (Fsp3) is 0.273. The van der Waals surface area contributed by atoms with E-state index in [1.54, 1.807) is 6.92 Å². The number of benzene rings is 2. The first-order valence-corrected chi connectivity index (χ1v) is 8.52. The van der Waals surface area contributed by atoms with Crippen molar-refractivity contribution in [1.82, 2.24) is 0 Å². The molecule has 0 saturated heterocycles. The molecule has 2 aromatic rings. The maximum absolute atomic E-state index is 11.2. The number of nitriles is 1. The number of unbranched alkanes of at least 4 members (excludes halogenated alkanes) is 2. The molecular weight excluding hydrogens is 310 g/mol. The smallest absolute Gasteiger partial charge is 0.333 e. The normalized spacial score (nSPS) is 10.1. The summed E-state index contributed by atoms with van der Waals surface area (Å²) in [5.74, 6) is -0.307. The van der Waals surface area contributed by atoms with Gasteiger partial charge >= 0.3 is 5.97 Å². The van der Waals surface area contributed by atoms with Gasteiger partial charge in [-0.1, -0.05) is 43.0 Å². The highest BCUT2D eigenvalue weighted by Gasteiger charge is 2.02. The summed E-state index contributed by atoms with van der Waals surface area (Å²) in [4.78, 5) is 11.2. The van der Waals surface area contributed by atoms with Gasteiger partial charge in [0, 0.05) is 5.57 Å². The van der Waals surface area contributed by atoms with Crippen LogP contribution in [0.15, 0.2) is 60.7 Å². The van der Waals surface area contributed by atoms with E-state index in [0.717, 1.165) is 36.8 Å². The number of carbonyl (C=O) groups is 1. The summed E-state index contributed by atoms with van der Waals surface area (Å²) < 4.78 is 5.08. The first-order valence-electron chi connectivity index (χ1n) is 8.52. The molecule has 0 aromatic heterocycles. The molecule has 3 nitrogen and oxygen atoms in total. The Labute approximate surface area is 149 Å². The molecule has 0 aliphatic heterocycles. The SMILES string of the molecule is C=C(C)C(=O)OCCCCCc1ccc(-c2ccc(C#N)cc2)cc1. The van der Waals surface area contributed by atoms with Gasteiger partial charge in [-0.3, -0.25) is 0 Å². The van der Waals surface area contributed by atoms with Crippen molar-refractivity contribution in [3.8, 4) is 17.2 Å². The van der Waals surface area contributed by atoms with Gasteiger partial charge in [0.2, 0.25) is 0 Å². The molecule has 0 radical (unpaired) electrons. The summed E-state index contributed by atoms with van der Waals surface area (Å²) in [6.45, 7) is 5.68. The molecule has 0 saturated carbocycles. The number of ether oxygens (including phenoxy) is 1. The Hall–Kier alpha value is -2.86. The van der Waals surface area contributed by atoms with E-state index in [2.05, 4.69) is 36.9 Å². The molecular formula is C22H23NO2. The quantitative estimate of drug-likeness (QED) is 0.385. The third-order valence-corrected chi connectivity index (χ3v) is 3.99.